The van der Waals surface area contributed by atoms with Crippen LogP contribution in [0, 0.1) is 28.6 Å². The molecule has 0 bridgehead atoms. The maximum atomic E-state index is 17.2. The summed E-state index contributed by atoms with van der Waals surface area (Å²) in [7, 11) is 0. The number of hydrogen-bond acceptors (Lipinski definition) is 5. The molecule has 5 nitrogen and oxygen atoms in total. The second kappa shape index (κ2) is 5.83. The van der Waals surface area contributed by atoms with Gasteiger partial charge in [0.05, 0.1) is 10.2 Å². The molecule has 8 atom stereocenters. The highest BCUT2D eigenvalue weighted by molar-refractivity contribution is 6.01. The van der Waals surface area contributed by atoms with Crippen LogP contribution in [-0.2, 0) is 9.59 Å². The molecule has 4 aliphatic rings. The number of allylic oxidation sites excluding steroid dienone is 4. The second-order valence-electron chi connectivity index (χ2n) is 9.24. The molecular formula is C22H29FO5. The van der Waals surface area contributed by atoms with Gasteiger partial charge in [0.2, 0.25) is 0 Å². The Morgan fingerprint density at radius 2 is 2.14 bits per heavy atom. The Hall–Kier alpha value is -1.37. The average Bonchev–Trinajstić information content (AvgIpc) is 2.87. The normalized spacial score (nSPS) is 57.8. The molecular weight excluding hydrogens is 363 g/mol. The third kappa shape index (κ3) is 2.01. The monoisotopic (exact) mass is 397 g/mol. The van der Waals surface area contributed by atoms with Crippen molar-refractivity contribution in [3.05, 3.63) is 23.8 Å². The number of halogens is 1. The molecule has 0 spiro atoms. The van der Waals surface area contributed by atoms with Crippen LogP contribution in [0.1, 0.15) is 53.3 Å². The predicted molar refractivity (Wildman–Crippen MR) is 99.9 cm³/mol. The van der Waals surface area contributed by atoms with Crippen molar-refractivity contribution in [1.29, 1.82) is 0 Å². The Kier molecular flexibility index (Phi) is 3.04. The number of alkyl halides is 1. The van der Waals surface area contributed by atoms with Crippen LogP contribution in [0.25, 0.3) is 0 Å². The zero-order chi connectivity index (χ0) is 25.2. The van der Waals surface area contributed by atoms with Crippen molar-refractivity contribution < 1.29 is 36.2 Å². The summed E-state index contributed by atoms with van der Waals surface area (Å²) < 4.78 is 57.7. The van der Waals surface area contributed by atoms with Gasteiger partial charge in [0.1, 0.15) is 12.2 Å². The van der Waals surface area contributed by atoms with E-state index in [2.05, 4.69) is 0 Å². The lowest BCUT2D eigenvalue weighted by molar-refractivity contribution is -0.219. The lowest BCUT2D eigenvalue weighted by Gasteiger charge is -2.62. The minimum absolute atomic E-state index is 0.0411. The Morgan fingerprint density at radius 3 is 2.79 bits per heavy atom. The molecule has 0 radical (unpaired) electrons. The van der Waals surface area contributed by atoms with Gasteiger partial charge in [0.25, 0.3) is 0 Å². The highest BCUT2D eigenvalue weighted by Gasteiger charge is 2.75. The summed E-state index contributed by atoms with van der Waals surface area (Å²) in [4.78, 5) is 25.0. The van der Waals surface area contributed by atoms with Crippen LogP contribution in [0.15, 0.2) is 23.8 Å². The fourth-order valence-corrected chi connectivity index (χ4v) is 6.63. The first-order chi connectivity index (χ1) is 14.8. The van der Waals surface area contributed by atoms with E-state index in [4.69, 9.17) is 6.85 Å². The molecule has 0 aromatic carbocycles. The summed E-state index contributed by atoms with van der Waals surface area (Å²) >= 11 is 0. The van der Waals surface area contributed by atoms with Gasteiger partial charge in [0, 0.05) is 19.5 Å². The maximum absolute atomic E-state index is 17.2. The largest absolute Gasteiger partial charge is 0.390 e. The smallest absolute Gasteiger partial charge is 0.190 e. The van der Waals surface area contributed by atoms with Crippen molar-refractivity contribution in [2.24, 2.45) is 28.6 Å². The van der Waals surface area contributed by atoms with Gasteiger partial charge < -0.3 is 15.3 Å². The molecule has 0 aromatic heterocycles. The van der Waals surface area contributed by atoms with Crippen LogP contribution in [0.4, 0.5) is 4.39 Å². The van der Waals surface area contributed by atoms with Gasteiger partial charge in [-0.25, -0.2) is 4.39 Å². The van der Waals surface area contributed by atoms with Crippen molar-refractivity contribution >= 4 is 11.6 Å². The number of carbonyl (C=O) groups excluding carboxylic acids is 2. The third-order valence-corrected chi connectivity index (χ3v) is 8.22. The Balaban J connectivity index is 1.93. The van der Waals surface area contributed by atoms with Gasteiger partial charge in [-0.3, -0.25) is 9.59 Å². The van der Waals surface area contributed by atoms with Crippen LogP contribution >= 0.6 is 0 Å². The van der Waals surface area contributed by atoms with E-state index in [1.807, 2.05) is 0 Å². The number of aliphatic hydroxyl groups is 3. The van der Waals surface area contributed by atoms with E-state index in [-0.39, 0.29) is 12.0 Å². The Labute approximate surface area is 171 Å². The van der Waals surface area contributed by atoms with Crippen molar-refractivity contribution in [3.8, 4) is 0 Å². The fraction of sp³-hybridized carbons (Fsp3) is 0.727. The highest BCUT2D eigenvalue weighted by Crippen LogP contribution is 2.70. The molecule has 0 aliphatic heterocycles. The first kappa shape index (κ1) is 14.6. The van der Waals surface area contributed by atoms with Crippen LogP contribution in [0.5, 0.6) is 0 Å². The lowest BCUT2D eigenvalue weighted by Crippen LogP contribution is -2.69. The number of rotatable bonds is 2. The van der Waals surface area contributed by atoms with Crippen molar-refractivity contribution in [2.75, 3.05) is 6.56 Å². The molecule has 3 unspecified atom stereocenters. The van der Waals surface area contributed by atoms with Crippen LogP contribution in [-0.4, -0.2) is 50.8 Å². The van der Waals surface area contributed by atoms with E-state index >= 15 is 4.39 Å². The summed E-state index contributed by atoms with van der Waals surface area (Å²) in [5, 5.41) is 32.5. The van der Waals surface area contributed by atoms with Gasteiger partial charge in [-0.15, -0.1) is 0 Å². The maximum Gasteiger partial charge on any atom is 0.190 e. The van der Waals surface area contributed by atoms with E-state index in [0.717, 1.165) is 6.08 Å². The van der Waals surface area contributed by atoms with E-state index in [1.54, 1.807) is 0 Å². The number of carbonyl (C=O) groups is 2. The van der Waals surface area contributed by atoms with Crippen molar-refractivity contribution in [2.45, 2.75) is 63.8 Å². The third-order valence-electron chi connectivity index (χ3n) is 8.22. The molecule has 154 valence electrons. The van der Waals surface area contributed by atoms with E-state index in [9.17, 15) is 24.9 Å². The van der Waals surface area contributed by atoms with Gasteiger partial charge in [0.15, 0.2) is 17.2 Å². The number of hydrogen-bond donors (Lipinski definition) is 3. The molecule has 3 N–H and O–H groups in total. The highest BCUT2D eigenvalue weighted by atomic mass is 19.1. The molecule has 0 aromatic rings. The van der Waals surface area contributed by atoms with Gasteiger partial charge in [-0.05, 0) is 56.5 Å². The summed E-state index contributed by atoms with van der Waals surface area (Å²) in [5.41, 5.74) is -8.61. The van der Waals surface area contributed by atoms with Crippen LogP contribution < -0.4 is 0 Å². The number of ketones is 2. The van der Waals surface area contributed by atoms with E-state index in [1.165, 1.54) is 26.8 Å². The minimum Gasteiger partial charge on any atom is -0.390 e. The minimum atomic E-state index is -3.36. The molecule has 0 heterocycles. The molecule has 4 rings (SSSR count). The standard InChI is InChI=1S/C22H29FO5/c1-12-8-16-15-5-4-13-9-14(25)6-7-19(13,2)21(15,23)17(26)10-20(16,3)22(12,28)18(27)11-24/h6-7,9,12,15-17,24,26,28H,4-5,8,10-11H2,1-3H3/t12-,15-,16?,17-,19-,20-,21?,22?/m0/s1/i4D2,9D,11D2. The van der Waals surface area contributed by atoms with Crippen LogP contribution in [0.3, 0.4) is 0 Å². The zero-order valence-electron chi connectivity index (χ0n) is 21.1. The molecule has 3 fully saturated rings. The van der Waals surface area contributed by atoms with Crippen molar-refractivity contribution in [1.82, 2.24) is 0 Å². The first-order valence-corrected chi connectivity index (χ1v) is 9.62. The van der Waals surface area contributed by atoms with Gasteiger partial charge >= 0.3 is 0 Å². The van der Waals surface area contributed by atoms with Crippen molar-refractivity contribution in [3.63, 3.8) is 0 Å². The molecule has 4 aliphatic carbocycles. The molecule has 0 saturated heterocycles. The van der Waals surface area contributed by atoms with E-state index in [0.29, 0.717) is 0 Å². The zero-order valence-corrected chi connectivity index (χ0v) is 16.1. The SMILES string of the molecule is [2H]C1=C2C([2H])([2H])C[C@H]3C4C[C@H](C)C(O)(C(=O)C([2H])([2H])O)[C@@]4(C)C[C@H](O)C3(F)[C@@]2(C)C=CC1=O. The van der Waals surface area contributed by atoms with Crippen LogP contribution in [0.2, 0.25) is 0 Å². The summed E-state index contributed by atoms with van der Waals surface area (Å²) in [6.45, 7) is 0.946. The first-order valence-electron chi connectivity index (χ1n) is 12.1. The second-order valence-corrected chi connectivity index (χ2v) is 9.24. The number of aliphatic hydroxyl groups excluding tert-OH is 1. The molecule has 0 amide bonds. The average molecular weight is 397 g/mol. The quantitative estimate of drug-likeness (QED) is 0.662. The fourth-order valence-electron chi connectivity index (χ4n) is 6.63. The summed E-state index contributed by atoms with van der Waals surface area (Å²) in [6.07, 6.45) is -2.76. The Morgan fingerprint density at radius 1 is 1.46 bits per heavy atom. The molecule has 6 heteroatoms. The predicted octanol–water partition coefficient (Wildman–Crippen LogP) is 1.90. The molecule has 28 heavy (non-hydrogen) atoms. The summed E-state index contributed by atoms with van der Waals surface area (Å²) in [5.74, 6) is -5.17. The Bertz CT molecular complexity index is 1010. The topological polar surface area (TPSA) is 94.8 Å². The van der Waals surface area contributed by atoms with Gasteiger partial charge in [-0.1, -0.05) is 25.5 Å². The summed E-state index contributed by atoms with van der Waals surface area (Å²) in [6, 6.07) is -0.638. The van der Waals surface area contributed by atoms with E-state index < -0.39 is 89.3 Å². The van der Waals surface area contributed by atoms with Gasteiger partial charge in [-0.2, -0.15) is 0 Å². The lowest BCUT2D eigenvalue weighted by atomic mass is 9.44. The number of fused-ring (bicyclic) bond motifs is 5. The molecule has 3 saturated carbocycles. The number of Topliss-reactive ketones (excluding diaryl/α,β-unsaturated/α-hetero) is 1.